The maximum atomic E-state index is 9.78. The number of rotatable bonds is 3. The van der Waals surface area contributed by atoms with Crippen LogP contribution in [0, 0.1) is 18.8 Å². The molecule has 1 unspecified atom stereocenters. The van der Waals surface area contributed by atoms with Crippen molar-refractivity contribution in [1.82, 2.24) is 4.98 Å². The molecule has 1 atom stereocenters. The van der Waals surface area contributed by atoms with E-state index in [0.29, 0.717) is 6.42 Å². The Balaban J connectivity index is 2.58. The van der Waals surface area contributed by atoms with Crippen molar-refractivity contribution in [2.24, 2.45) is 0 Å². The first-order valence-corrected chi connectivity index (χ1v) is 4.74. The lowest BCUT2D eigenvalue weighted by molar-refractivity contribution is 0.169. The van der Waals surface area contributed by atoms with E-state index in [1.165, 1.54) is 0 Å². The lowest BCUT2D eigenvalue weighted by Gasteiger charge is -2.08. The van der Waals surface area contributed by atoms with Crippen LogP contribution < -0.4 is 0 Å². The van der Waals surface area contributed by atoms with Crippen LogP contribution in [0.3, 0.4) is 0 Å². The number of aromatic nitrogens is 1. The van der Waals surface area contributed by atoms with Gasteiger partial charge in [-0.05, 0) is 38.0 Å². The number of aliphatic hydroxyl groups excluding tert-OH is 1. The molecule has 0 radical (unpaired) electrons. The molecule has 1 N–H and O–H groups in total. The van der Waals surface area contributed by atoms with Crippen molar-refractivity contribution in [2.75, 3.05) is 0 Å². The highest BCUT2D eigenvalue weighted by atomic mass is 16.3. The lowest BCUT2D eigenvalue weighted by atomic mass is 10.1. The zero-order chi connectivity index (χ0) is 10.4. The van der Waals surface area contributed by atoms with Gasteiger partial charge in [0.25, 0.3) is 0 Å². The van der Waals surface area contributed by atoms with Gasteiger partial charge in [0.15, 0.2) is 0 Å². The largest absolute Gasteiger partial charge is 0.388 e. The molecule has 2 nitrogen and oxygen atoms in total. The molecule has 0 fully saturated rings. The van der Waals surface area contributed by atoms with Crippen molar-refractivity contribution in [3.8, 4) is 11.8 Å². The zero-order valence-electron chi connectivity index (χ0n) is 8.62. The number of aliphatic hydroxyl groups is 1. The second-order valence-electron chi connectivity index (χ2n) is 3.21. The van der Waals surface area contributed by atoms with Gasteiger partial charge in [-0.2, -0.15) is 0 Å². The van der Waals surface area contributed by atoms with Crippen LogP contribution in [0.1, 0.15) is 37.1 Å². The molecule has 0 aliphatic carbocycles. The highest BCUT2D eigenvalue weighted by Crippen LogP contribution is 2.17. The Morgan fingerprint density at radius 3 is 3.00 bits per heavy atom. The maximum absolute atomic E-state index is 9.78. The Kier molecular flexibility index (Phi) is 4.15. The number of hydrogen-bond acceptors (Lipinski definition) is 2. The summed E-state index contributed by atoms with van der Waals surface area (Å²) in [4.78, 5) is 4.08. The van der Waals surface area contributed by atoms with Gasteiger partial charge < -0.3 is 5.11 Å². The second kappa shape index (κ2) is 5.41. The molecule has 1 aromatic rings. The number of nitrogens with zero attached hydrogens (tertiary/aromatic N) is 1. The zero-order valence-corrected chi connectivity index (χ0v) is 8.62. The minimum Gasteiger partial charge on any atom is -0.388 e. The smallest absolute Gasteiger partial charge is 0.0800 e. The highest BCUT2D eigenvalue weighted by Gasteiger charge is 2.06. The summed E-state index contributed by atoms with van der Waals surface area (Å²) in [6.45, 7) is 3.73. The average Bonchev–Trinajstić information content (AvgIpc) is 2.18. The molecule has 0 saturated carbocycles. The van der Waals surface area contributed by atoms with E-state index in [1.807, 2.05) is 26.0 Å². The van der Waals surface area contributed by atoms with Gasteiger partial charge in [0.2, 0.25) is 0 Å². The third kappa shape index (κ3) is 3.20. The minimum atomic E-state index is -0.419. The van der Waals surface area contributed by atoms with Gasteiger partial charge in [-0.15, -0.1) is 11.8 Å². The summed E-state index contributed by atoms with van der Waals surface area (Å²) in [7, 11) is 0. The van der Waals surface area contributed by atoms with Crippen molar-refractivity contribution < 1.29 is 5.11 Å². The first-order chi connectivity index (χ1) is 6.74. The van der Waals surface area contributed by atoms with E-state index in [2.05, 4.69) is 16.8 Å². The maximum Gasteiger partial charge on any atom is 0.0800 e. The fraction of sp³-hybridized carbons (Fsp3) is 0.417. The molecular formula is C12H15NO. The predicted molar refractivity (Wildman–Crippen MR) is 56.6 cm³/mol. The molecule has 2 heteroatoms. The Labute approximate surface area is 85.0 Å². The summed E-state index contributed by atoms with van der Waals surface area (Å²) in [5, 5.41) is 9.78. The number of pyridine rings is 1. The van der Waals surface area contributed by atoms with Crippen LogP contribution in [-0.4, -0.2) is 10.1 Å². The molecule has 0 spiro atoms. The first-order valence-electron chi connectivity index (χ1n) is 4.74. The van der Waals surface area contributed by atoms with E-state index < -0.39 is 6.10 Å². The van der Waals surface area contributed by atoms with Crippen molar-refractivity contribution in [2.45, 2.75) is 32.8 Å². The van der Waals surface area contributed by atoms with E-state index in [1.54, 1.807) is 6.20 Å². The Bertz CT molecular complexity index is 349. The summed E-state index contributed by atoms with van der Waals surface area (Å²) in [5.41, 5.74) is 1.86. The molecule has 74 valence electrons. The van der Waals surface area contributed by atoms with Crippen molar-refractivity contribution in [3.63, 3.8) is 0 Å². The van der Waals surface area contributed by atoms with Gasteiger partial charge >= 0.3 is 0 Å². The van der Waals surface area contributed by atoms with Gasteiger partial charge in [0.05, 0.1) is 6.10 Å². The minimum absolute atomic E-state index is 0.419. The molecule has 1 heterocycles. The predicted octanol–water partition coefficient (Wildman–Crippen LogP) is 2.23. The van der Waals surface area contributed by atoms with E-state index >= 15 is 0 Å². The number of aryl methyl sites for hydroxylation is 1. The summed E-state index contributed by atoms with van der Waals surface area (Å²) < 4.78 is 0. The summed E-state index contributed by atoms with van der Waals surface area (Å²) in [6, 6.07) is 3.75. The fourth-order valence-electron chi connectivity index (χ4n) is 1.28. The monoisotopic (exact) mass is 189 g/mol. The van der Waals surface area contributed by atoms with Gasteiger partial charge in [0.1, 0.15) is 0 Å². The molecular weight excluding hydrogens is 174 g/mol. The van der Waals surface area contributed by atoms with Crippen LogP contribution in [0.2, 0.25) is 0 Å². The quantitative estimate of drug-likeness (QED) is 0.740. The third-order valence-electron chi connectivity index (χ3n) is 2.03. The van der Waals surface area contributed by atoms with E-state index in [-0.39, 0.29) is 0 Å². The molecule has 0 aliphatic rings. The first kappa shape index (κ1) is 10.7. The molecule has 0 saturated heterocycles. The molecule has 0 bridgehead atoms. The fourth-order valence-corrected chi connectivity index (χ4v) is 1.28. The van der Waals surface area contributed by atoms with E-state index in [4.69, 9.17) is 0 Å². The van der Waals surface area contributed by atoms with Gasteiger partial charge in [-0.3, -0.25) is 4.98 Å². The van der Waals surface area contributed by atoms with Crippen LogP contribution in [0.4, 0.5) is 0 Å². The lowest BCUT2D eigenvalue weighted by Crippen LogP contribution is -1.97. The van der Waals surface area contributed by atoms with Crippen LogP contribution in [0.25, 0.3) is 0 Å². The molecule has 0 amide bonds. The van der Waals surface area contributed by atoms with Crippen LogP contribution in [0.5, 0.6) is 0 Å². The van der Waals surface area contributed by atoms with Crippen molar-refractivity contribution in [3.05, 3.63) is 29.6 Å². The van der Waals surface area contributed by atoms with Gasteiger partial charge in [-0.1, -0.05) is 0 Å². The van der Waals surface area contributed by atoms with Crippen LogP contribution in [0.15, 0.2) is 18.3 Å². The molecule has 14 heavy (non-hydrogen) atoms. The average molecular weight is 189 g/mol. The van der Waals surface area contributed by atoms with Crippen molar-refractivity contribution >= 4 is 0 Å². The van der Waals surface area contributed by atoms with Crippen LogP contribution >= 0.6 is 0 Å². The third-order valence-corrected chi connectivity index (χ3v) is 2.03. The summed E-state index contributed by atoms with van der Waals surface area (Å²) in [6.07, 6.45) is 2.72. The highest BCUT2D eigenvalue weighted by molar-refractivity contribution is 5.18. The number of hydrogen-bond donors (Lipinski definition) is 1. The Hall–Kier alpha value is -1.33. The normalized spacial score (nSPS) is 11.6. The van der Waals surface area contributed by atoms with Gasteiger partial charge in [-0.25, -0.2) is 0 Å². The van der Waals surface area contributed by atoms with Crippen molar-refractivity contribution in [1.29, 1.82) is 0 Å². The topological polar surface area (TPSA) is 33.1 Å². The van der Waals surface area contributed by atoms with Crippen LogP contribution in [-0.2, 0) is 0 Å². The molecule has 0 aromatic carbocycles. The molecule has 1 rings (SSSR count). The molecule has 1 aromatic heterocycles. The second-order valence-corrected chi connectivity index (χ2v) is 3.21. The SMILES string of the molecule is CC#CCCC(O)c1ccnc(C)c1. The summed E-state index contributed by atoms with van der Waals surface area (Å²) >= 11 is 0. The van der Waals surface area contributed by atoms with E-state index in [0.717, 1.165) is 17.7 Å². The molecule has 0 aliphatic heterocycles. The Morgan fingerprint density at radius 2 is 2.36 bits per heavy atom. The summed E-state index contributed by atoms with van der Waals surface area (Å²) in [5.74, 6) is 5.75. The van der Waals surface area contributed by atoms with E-state index in [9.17, 15) is 5.11 Å². The standard InChI is InChI=1S/C12H15NO/c1-3-4-5-6-12(14)11-7-8-13-10(2)9-11/h7-9,12,14H,5-6H2,1-2H3. The Morgan fingerprint density at radius 1 is 1.57 bits per heavy atom. The van der Waals surface area contributed by atoms with Gasteiger partial charge in [0, 0.05) is 18.3 Å².